The molecular weight excluding hydrogens is 576 g/mol. The van der Waals surface area contributed by atoms with E-state index in [2.05, 4.69) is 31.4 Å². The van der Waals surface area contributed by atoms with Gasteiger partial charge in [0.05, 0.1) is 24.2 Å². The molecule has 3 saturated carbocycles. The first-order chi connectivity index (χ1) is 22.4. The van der Waals surface area contributed by atoms with Gasteiger partial charge in [-0.3, -0.25) is 14.5 Å². The summed E-state index contributed by atoms with van der Waals surface area (Å²) in [5.41, 5.74) is 4.38. The Labute approximate surface area is 274 Å². The number of methoxy groups -OCH3 is 1. The zero-order chi connectivity index (χ0) is 31.8. The van der Waals surface area contributed by atoms with Crippen LogP contribution in [0, 0.1) is 5.92 Å². The number of hydrogen-bond donors (Lipinski definition) is 2. The van der Waals surface area contributed by atoms with Crippen LogP contribution in [0.5, 0.6) is 5.75 Å². The van der Waals surface area contributed by atoms with E-state index < -0.39 is 0 Å². The normalized spacial score (nSPS) is 26.2. The van der Waals surface area contributed by atoms with Crippen LogP contribution in [0.4, 0.5) is 22.7 Å². The summed E-state index contributed by atoms with van der Waals surface area (Å²) in [5.74, 6) is 1.70. The molecule has 2 amide bonds. The number of rotatable bonds is 9. The van der Waals surface area contributed by atoms with E-state index in [9.17, 15) is 9.59 Å². The minimum absolute atomic E-state index is 0.0373. The van der Waals surface area contributed by atoms with Crippen molar-refractivity contribution in [2.75, 3.05) is 62.0 Å². The number of carbonyl (C=O) groups is 2. The number of benzene rings is 2. The summed E-state index contributed by atoms with van der Waals surface area (Å²) in [4.78, 5) is 35.9. The molecule has 0 bridgehead atoms. The smallest absolute Gasteiger partial charge is 0.251 e. The molecule has 46 heavy (non-hydrogen) atoms. The molecule has 1 saturated heterocycles. The number of anilines is 4. The van der Waals surface area contributed by atoms with Crippen molar-refractivity contribution in [1.29, 1.82) is 0 Å². The molecule has 0 aromatic heterocycles. The van der Waals surface area contributed by atoms with Gasteiger partial charge in [0.15, 0.2) is 0 Å². The van der Waals surface area contributed by atoms with E-state index >= 15 is 0 Å². The average molecular weight is 629 g/mol. The fraction of sp³-hybridized carbons (Fsp3) is 0.622. The van der Waals surface area contributed by atoms with Crippen LogP contribution in [-0.2, 0) is 4.79 Å². The molecule has 2 heterocycles. The second kappa shape index (κ2) is 13.4. The second-order valence-corrected chi connectivity index (χ2v) is 14.4. The van der Waals surface area contributed by atoms with Gasteiger partial charge in [-0.15, -0.1) is 0 Å². The molecule has 0 radical (unpaired) electrons. The monoisotopic (exact) mass is 628 g/mol. The molecule has 1 atom stereocenters. The van der Waals surface area contributed by atoms with Gasteiger partial charge in [-0.1, -0.05) is 12.8 Å². The Hall–Kier alpha value is -3.30. The van der Waals surface area contributed by atoms with E-state index in [1.54, 1.807) is 12.0 Å². The van der Waals surface area contributed by atoms with E-state index in [1.165, 1.54) is 58.4 Å². The van der Waals surface area contributed by atoms with Crippen molar-refractivity contribution in [1.82, 2.24) is 15.1 Å². The van der Waals surface area contributed by atoms with Crippen molar-refractivity contribution in [3.05, 3.63) is 42.0 Å². The Kier molecular flexibility index (Phi) is 9.14. The minimum Gasteiger partial charge on any atom is -0.495 e. The summed E-state index contributed by atoms with van der Waals surface area (Å²) in [6.07, 6.45) is 11.9. The van der Waals surface area contributed by atoms with Crippen LogP contribution in [0.2, 0.25) is 0 Å². The number of ether oxygens (including phenoxy) is 1. The number of amides is 2. The standard InChI is InChI=1S/C37H52N6O3/c1-25-37(45)40(2)33-17-13-29(23-34(33)43(25)31-6-4-5-7-31)38-32-16-10-27(22-35(32)46-3)36(44)39-28-11-14-30(15-12-28)42-20-18-41(19-21-42)24-26-8-9-26/h10,13,16-17,22-23,25-26,28,30-31,38H,4-9,11-12,14-15,18-21,24H2,1-3H3,(H,39,44)/t25-,28?,30?/m1/s1. The van der Waals surface area contributed by atoms with Crippen LogP contribution < -0.4 is 25.2 Å². The summed E-state index contributed by atoms with van der Waals surface area (Å²) in [6.45, 7) is 8.13. The molecule has 9 heteroatoms. The van der Waals surface area contributed by atoms with Gasteiger partial charge in [0.2, 0.25) is 5.91 Å². The van der Waals surface area contributed by atoms with Gasteiger partial charge in [0.1, 0.15) is 11.8 Å². The highest BCUT2D eigenvalue weighted by Gasteiger charge is 2.38. The summed E-state index contributed by atoms with van der Waals surface area (Å²) >= 11 is 0. The van der Waals surface area contributed by atoms with Crippen molar-refractivity contribution in [3.63, 3.8) is 0 Å². The van der Waals surface area contributed by atoms with Gasteiger partial charge >= 0.3 is 0 Å². The van der Waals surface area contributed by atoms with Crippen molar-refractivity contribution in [3.8, 4) is 5.75 Å². The van der Waals surface area contributed by atoms with Gasteiger partial charge < -0.3 is 30.1 Å². The molecule has 5 aliphatic rings. The Morgan fingerprint density at radius 3 is 2.30 bits per heavy atom. The summed E-state index contributed by atoms with van der Waals surface area (Å²) in [7, 11) is 3.51. The molecule has 0 spiro atoms. The van der Waals surface area contributed by atoms with Crippen molar-refractivity contribution >= 4 is 34.6 Å². The fourth-order valence-corrected chi connectivity index (χ4v) is 8.44. The van der Waals surface area contributed by atoms with Crippen molar-refractivity contribution in [2.45, 2.75) is 95.3 Å². The molecule has 3 aliphatic carbocycles. The third-order valence-corrected chi connectivity index (χ3v) is 11.3. The lowest BCUT2D eigenvalue weighted by molar-refractivity contribution is -0.119. The first-order valence-electron chi connectivity index (χ1n) is 17.8. The third-order valence-electron chi connectivity index (χ3n) is 11.3. The van der Waals surface area contributed by atoms with E-state index in [0.717, 1.165) is 67.2 Å². The quantitative estimate of drug-likeness (QED) is 0.373. The van der Waals surface area contributed by atoms with Gasteiger partial charge in [-0.25, -0.2) is 0 Å². The van der Waals surface area contributed by atoms with E-state index in [4.69, 9.17) is 4.74 Å². The average Bonchev–Trinajstić information content (AvgIpc) is 3.73. The maximum absolute atomic E-state index is 13.3. The number of likely N-dealkylation sites (N-methyl/N-ethyl adjacent to an activating group) is 1. The molecule has 2 aromatic rings. The van der Waals surface area contributed by atoms with Gasteiger partial charge in [-0.2, -0.15) is 0 Å². The Morgan fingerprint density at radius 2 is 1.61 bits per heavy atom. The highest BCUT2D eigenvalue weighted by Crippen LogP contribution is 2.42. The Morgan fingerprint density at radius 1 is 0.870 bits per heavy atom. The molecule has 7 rings (SSSR count). The van der Waals surface area contributed by atoms with Crippen LogP contribution in [0.25, 0.3) is 0 Å². The molecule has 0 unspecified atom stereocenters. The molecule has 4 fully saturated rings. The maximum atomic E-state index is 13.3. The largest absolute Gasteiger partial charge is 0.495 e. The summed E-state index contributed by atoms with van der Waals surface area (Å²) < 4.78 is 5.76. The van der Waals surface area contributed by atoms with E-state index in [0.29, 0.717) is 23.4 Å². The lowest BCUT2D eigenvalue weighted by Gasteiger charge is -2.43. The number of fused-ring (bicyclic) bond motifs is 1. The van der Waals surface area contributed by atoms with Crippen molar-refractivity contribution in [2.24, 2.45) is 5.92 Å². The minimum atomic E-state index is -0.189. The maximum Gasteiger partial charge on any atom is 0.251 e. The third kappa shape index (κ3) is 6.58. The predicted octanol–water partition coefficient (Wildman–Crippen LogP) is 5.62. The van der Waals surface area contributed by atoms with Crippen LogP contribution in [0.3, 0.4) is 0 Å². The summed E-state index contributed by atoms with van der Waals surface area (Å²) in [5, 5.41) is 6.84. The van der Waals surface area contributed by atoms with Gasteiger partial charge in [-0.05, 0) is 101 Å². The lowest BCUT2D eigenvalue weighted by Crippen LogP contribution is -2.54. The predicted molar refractivity (Wildman–Crippen MR) is 185 cm³/mol. The highest BCUT2D eigenvalue weighted by atomic mass is 16.5. The molecule has 248 valence electrons. The summed E-state index contributed by atoms with van der Waals surface area (Å²) in [6, 6.07) is 12.9. The van der Waals surface area contributed by atoms with E-state index in [-0.39, 0.29) is 23.9 Å². The molecule has 9 nitrogen and oxygen atoms in total. The zero-order valence-corrected chi connectivity index (χ0v) is 28.0. The number of nitrogens with one attached hydrogen (secondary N) is 2. The lowest BCUT2D eigenvalue weighted by atomic mass is 9.89. The molecule has 2 N–H and O–H groups in total. The first-order valence-corrected chi connectivity index (χ1v) is 17.8. The van der Waals surface area contributed by atoms with Gasteiger partial charge in [0.25, 0.3) is 5.91 Å². The number of piperazine rings is 1. The number of nitrogens with zero attached hydrogens (tertiary/aromatic N) is 4. The number of carbonyl (C=O) groups excluding carboxylic acids is 2. The molecule has 2 aliphatic heterocycles. The van der Waals surface area contributed by atoms with Crippen LogP contribution >= 0.6 is 0 Å². The van der Waals surface area contributed by atoms with Crippen molar-refractivity contribution < 1.29 is 14.3 Å². The van der Waals surface area contributed by atoms with Crippen LogP contribution in [0.1, 0.15) is 81.5 Å². The Balaban J connectivity index is 0.964. The zero-order valence-electron chi connectivity index (χ0n) is 28.0. The van der Waals surface area contributed by atoms with E-state index in [1.807, 2.05) is 44.3 Å². The molecular formula is C37H52N6O3. The number of hydrogen-bond acceptors (Lipinski definition) is 7. The fourth-order valence-electron chi connectivity index (χ4n) is 8.44. The topological polar surface area (TPSA) is 80.4 Å². The first kappa shape index (κ1) is 31.3. The SMILES string of the molecule is COc1cc(C(=O)NC2CCC(N3CCN(CC4CC4)CC3)CC2)ccc1Nc1ccc2c(c1)N(C1CCCC1)[C@H](C)C(=O)N2C. The van der Waals surface area contributed by atoms with Crippen LogP contribution in [0.15, 0.2) is 36.4 Å². The highest BCUT2D eigenvalue weighted by molar-refractivity contribution is 6.05. The Bertz CT molecular complexity index is 1410. The van der Waals surface area contributed by atoms with Crippen LogP contribution in [-0.4, -0.2) is 92.7 Å². The molecule has 2 aromatic carbocycles. The second-order valence-electron chi connectivity index (χ2n) is 14.4. The van der Waals surface area contributed by atoms with Gasteiger partial charge in [0, 0.05) is 69.1 Å².